The van der Waals surface area contributed by atoms with Gasteiger partial charge in [-0.1, -0.05) is 34.1 Å². The highest BCUT2D eigenvalue weighted by Gasteiger charge is 2.80. The Morgan fingerprint density at radius 1 is 1.05 bits per heavy atom. The summed E-state index contributed by atoms with van der Waals surface area (Å²) in [5.41, 5.74) is 0.348. The van der Waals surface area contributed by atoms with E-state index in [0.717, 1.165) is 43.1 Å². The Morgan fingerprint density at radius 3 is 2.57 bits per heavy atom. The van der Waals surface area contributed by atoms with Gasteiger partial charge in [-0.05, 0) is 111 Å². The molecule has 0 aromatic carbocycles. The number of hydrogen-bond donors (Lipinski definition) is 2. The summed E-state index contributed by atoms with van der Waals surface area (Å²) in [6.07, 6.45) is 12.6. The van der Waals surface area contributed by atoms with E-state index in [2.05, 4.69) is 39.9 Å². The Labute approximate surface area is 224 Å². The van der Waals surface area contributed by atoms with Gasteiger partial charge in [0.2, 0.25) is 0 Å². The van der Waals surface area contributed by atoms with Gasteiger partial charge in [0.25, 0.3) is 0 Å². The minimum absolute atomic E-state index is 0.193. The number of carbonyl (C=O) groups is 1. The maximum absolute atomic E-state index is 12.1. The molecule has 2 N–H and O–H groups in total. The molecule has 208 valence electrons. The fourth-order valence-electron chi connectivity index (χ4n) is 13.2. The molecule has 3 saturated heterocycles. The fourth-order valence-corrected chi connectivity index (χ4v) is 13.2. The molecule has 8 fully saturated rings. The zero-order valence-corrected chi connectivity index (χ0v) is 24.1. The van der Waals surface area contributed by atoms with E-state index >= 15 is 0 Å². The number of aliphatic hydroxyl groups excluding tert-OH is 1. The molecule has 3 heterocycles. The Balaban J connectivity index is 1.30. The summed E-state index contributed by atoms with van der Waals surface area (Å²) in [7, 11) is 0. The van der Waals surface area contributed by atoms with E-state index < -0.39 is 11.7 Å². The first-order valence-corrected chi connectivity index (χ1v) is 15.7. The van der Waals surface area contributed by atoms with Crippen LogP contribution in [-0.4, -0.2) is 41.2 Å². The molecule has 1 unspecified atom stereocenters. The number of nitrogens with one attached hydrogen (secondary N) is 1. The van der Waals surface area contributed by atoms with E-state index in [1.54, 1.807) is 0 Å². The molecule has 3 aliphatic heterocycles. The van der Waals surface area contributed by atoms with Gasteiger partial charge in [0.05, 0.1) is 11.0 Å². The van der Waals surface area contributed by atoms with Gasteiger partial charge in [0.15, 0.2) is 6.29 Å². The molecule has 0 aromatic heterocycles. The first-order chi connectivity index (χ1) is 17.4. The van der Waals surface area contributed by atoms with Crippen LogP contribution in [0.3, 0.4) is 0 Å². The van der Waals surface area contributed by atoms with Gasteiger partial charge in [-0.25, -0.2) is 0 Å². The SMILES string of the molecule is CC(=O)O[C@H]1CC[C@]2(C)O[C@@H](O)[C@@]1(C)[C@H]2CC[C@]12[C@@H]3CCC[C@@]34CC[C@@H]3C4N[C@H]1[C@@H](C(C)C)CC[C@@]32C. The fraction of sp³-hybridized carbons (Fsp3) is 0.969. The second-order valence-corrected chi connectivity index (χ2v) is 15.7. The van der Waals surface area contributed by atoms with Crippen LogP contribution in [0.15, 0.2) is 0 Å². The number of fused-ring (bicyclic) bond motifs is 2. The maximum Gasteiger partial charge on any atom is 0.302 e. The van der Waals surface area contributed by atoms with Crippen LogP contribution in [0.4, 0.5) is 0 Å². The smallest absolute Gasteiger partial charge is 0.302 e. The van der Waals surface area contributed by atoms with Crippen molar-refractivity contribution in [3.63, 3.8) is 0 Å². The third-order valence-corrected chi connectivity index (χ3v) is 14.6. The number of hydrogen-bond acceptors (Lipinski definition) is 5. The first kappa shape index (κ1) is 25.3. The predicted octanol–water partition coefficient (Wildman–Crippen LogP) is 5.83. The lowest BCUT2D eigenvalue weighted by atomic mass is 9.33. The van der Waals surface area contributed by atoms with Gasteiger partial charge in [-0.2, -0.15) is 0 Å². The maximum atomic E-state index is 12.1. The van der Waals surface area contributed by atoms with Crippen LogP contribution >= 0.6 is 0 Å². The van der Waals surface area contributed by atoms with Crippen LogP contribution in [0.5, 0.6) is 0 Å². The lowest BCUT2D eigenvalue weighted by molar-refractivity contribution is -0.249. The largest absolute Gasteiger partial charge is 0.462 e. The molecule has 5 aliphatic carbocycles. The monoisotopic (exact) mass is 513 g/mol. The number of rotatable bonds is 5. The van der Waals surface area contributed by atoms with Gasteiger partial charge >= 0.3 is 5.97 Å². The van der Waals surface area contributed by atoms with E-state index in [-0.39, 0.29) is 23.6 Å². The minimum Gasteiger partial charge on any atom is -0.462 e. The summed E-state index contributed by atoms with van der Waals surface area (Å²) < 4.78 is 12.3. The number of ether oxygens (including phenoxy) is 2. The van der Waals surface area contributed by atoms with Gasteiger partial charge in [0, 0.05) is 24.9 Å². The molecule has 5 heteroatoms. The lowest BCUT2D eigenvalue weighted by Gasteiger charge is -2.76. The third-order valence-electron chi connectivity index (χ3n) is 14.6. The molecule has 1 spiro atoms. The average molecular weight is 514 g/mol. The van der Waals surface area contributed by atoms with Crippen molar-refractivity contribution in [2.45, 2.75) is 142 Å². The van der Waals surface area contributed by atoms with Crippen LogP contribution in [0.1, 0.15) is 112 Å². The molecular formula is C32H51NO4. The van der Waals surface area contributed by atoms with Crippen molar-refractivity contribution in [3.05, 3.63) is 0 Å². The van der Waals surface area contributed by atoms with Crippen LogP contribution < -0.4 is 5.32 Å². The summed E-state index contributed by atoms with van der Waals surface area (Å²) in [6, 6.07) is 1.34. The van der Waals surface area contributed by atoms with E-state index in [1.165, 1.54) is 58.3 Å². The van der Waals surface area contributed by atoms with Gasteiger partial charge in [-0.15, -0.1) is 0 Å². The van der Waals surface area contributed by atoms with Gasteiger partial charge < -0.3 is 19.9 Å². The minimum atomic E-state index is -0.875. The number of carbonyl (C=O) groups excluding carboxylic acids is 1. The van der Waals surface area contributed by atoms with Gasteiger partial charge in [-0.3, -0.25) is 4.79 Å². The van der Waals surface area contributed by atoms with E-state index in [4.69, 9.17) is 9.47 Å². The molecule has 8 aliphatic rings. The standard InChI is InChI=1S/C32H51NO4/c1-18(2)20-9-14-28(4)21-10-16-31-13-7-8-23(31)32(28,25(20)33-26(21)31)17-11-22-29(5)15-12-24(36-19(3)34)30(22,6)27(35)37-29/h18,20-27,33,35H,7-17H2,1-6H3/t20-,21-,22+,23-,24+,25+,26?,27-,28+,29+,30+,31-,32+/m1/s1. The highest BCUT2D eigenvalue weighted by atomic mass is 16.6. The highest BCUT2D eigenvalue weighted by Crippen LogP contribution is 2.81. The van der Waals surface area contributed by atoms with Crippen molar-refractivity contribution in [1.82, 2.24) is 5.32 Å². The molecule has 0 amide bonds. The van der Waals surface area contributed by atoms with E-state index in [1.807, 2.05) is 0 Å². The van der Waals surface area contributed by atoms with E-state index in [0.29, 0.717) is 28.2 Å². The molecule has 0 radical (unpaired) electrons. The van der Waals surface area contributed by atoms with Crippen LogP contribution in [-0.2, 0) is 14.3 Å². The number of piperidine rings is 2. The summed E-state index contributed by atoms with van der Waals surface area (Å²) >= 11 is 0. The molecular weight excluding hydrogens is 462 g/mol. The molecule has 8 rings (SSSR count). The molecule has 37 heavy (non-hydrogen) atoms. The zero-order chi connectivity index (χ0) is 26.2. The van der Waals surface area contributed by atoms with E-state index in [9.17, 15) is 9.90 Å². The van der Waals surface area contributed by atoms with Crippen molar-refractivity contribution in [2.75, 3.05) is 0 Å². The van der Waals surface area contributed by atoms with Crippen molar-refractivity contribution < 1.29 is 19.4 Å². The summed E-state index contributed by atoms with van der Waals surface area (Å²) in [5.74, 6) is 3.05. The Morgan fingerprint density at radius 2 is 1.84 bits per heavy atom. The number of aliphatic hydroxyl groups is 1. The molecule has 0 aromatic rings. The first-order valence-electron chi connectivity index (χ1n) is 15.7. The topological polar surface area (TPSA) is 67.8 Å². The zero-order valence-electron chi connectivity index (χ0n) is 24.1. The quantitative estimate of drug-likeness (QED) is 0.453. The van der Waals surface area contributed by atoms with Crippen molar-refractivity contribution in [1.29, 1.82) is 0 Å². The normalized spacial score (nSPS) is 59.1. The van der Waals surface area contributed by atoms with Crippen LogP contribution in [0, 0.1) is 51.2 Å². The molecule has 8 bridgehead atoms. The Bertz CT molecular complexity index is 984. The summed E-state index contributed by atoms with van der Waals surface area (Å²) in [6.45, 7) is 13.5. The second kappa shape index (κ2) is 7.75. The highest BCUT2D eigenvalue weighted by molar-refractivity contribution is 5.66. The second-order valence-electron chi connectivity index (χ2n) is 15.7. The number of esters is 1. The predicted molar refractivity (Wildman–Crippen MR) is 142 cm³/mol. The Kier molecular flexibility index (Phi) is 5.31. The molecule has 5 nitrogen and oxygen atoms in total. The lowest BCUT2D eigenvalue weighted by Crippen LogP contribution is -2.80. The molecule has 5 saturated carbocycles. The van der Waals surface area contributed by atoms with Crippen LogP contribution in [0.2, 0.25) is 0 Å². The van der Waals surface area contributed by atoms with Crippen molar-refractivity contribution in [3.8, 4) is 0 Å². The van der Waals surface area contributed by atoms with Gasteiger partial charge in [0.1, 0.15) is 6.10 Å². The van der Waals surface area contributed by atoms with Crippen molar-refractivity contribution >= 4 is 5.97 Å². The summed E-state index contributed by atoms with van der Waals surface area (Å²) in [4.78, 5) is 12.1. The molecule has 13 atom stereocenters. The van der Waals surface area contributed by atoms with Crippen molar-refractivity contribution in [2.24, 2.45) is 51.2 Å². The Hall–Kier alpha value is -0.650. The summed E-state index contributed by atoms with van der Waals surface area (Å²) in [5, 5.41) is 15.7. The third kappa shape index (κ3) is 2.81. The van der Waals surface area contributed by atoms with Crippen LogP contribution in [0.25, 0.3) is 0 Å². The average Bonchev–Trinajstić information content (AvgIpc) is 3.44.